The second-order valence-corrected chi connectivity index (χ2v) is 11.0. The summed E-state index contributed by atoms with van der Waals surface area (Å²) in [6.45, 7) is 1.49. The fourth-order valence-corrected chi connectivity index (χ4v) is 6.85. The maximum atomic E-state index is 13.1. The van der Waals surface area contributed by atoms with E-state index in [1.807, 2.05) is 6.07 Å². The number of aryl methyl sites for hydroxylation is 1. The molecule has 1 fully saturated rings. The standard InChI is InChI=1S/C23H27FN4O3S2/c1-27(12-5-6-19-16-20(26-25-19)17-7-9-18(24)10-8-17)23(29)22-21(11-15-32-22)33(30,31)28-13-3-2-4-14-28/h7-11,15-16H,2-6,12-14H2,1H3,(H,25,26). The Morgan fingerprint density at radius 2 is 1.91 bits per heavy atom. The van der Waals surface area contributed by atoms with Gasteiger partial charge in [-0.3, -0.25) is 9.89 Å². The van der Waals surface area contributed by atoms with E-state index in [0.717, 1.165) is 36.2 Å². The Kier molecular flexibility index (Phi) is 7.26. The summed E-state index contributed by atoms with van der Waals surface area (Å²) in [6, 6.07) is 9.61. The molecule has 0 aliphatic carbocycles. The number of rotatable bonds is 8. The molecule has 1 N–H and O–H groups in total. The molecule has 0 atom stereocenters. The van der Waals surface area contributed by atoms with Crippen LogP contribution in [0.5, 0.6) is 0 Å². The highest BCUT2D eigenvalue weighted by Gasteiger charge is 2.31. The highest BCUT2D eigenvalue weighted by Crippen LogP contribution is 2.28. The van der Waals surface area contributed by atoms with E-state index in [-0.39, 0.29) is 21.5 Å². The number of thiophene rings is 1. The van der Waals surface area contributed by atoms with Crippen molar-refractivity contribution in [1.29, 1.82) is 0 Å². The molecular formula is C23H27FN4O3S2. The summed E-state index contributed by atoms with van der Waals surface area (Å²) in [5.74, 6) is -0.572. The van der Waals surface area contributed by atoms with Gasteiger partial charge in [-0.2, -0.15) is 9.40 Å². The van der Waals surface area contributed by atoms with Gasteiger partial charge in [-0.05, 0) is 67.5 Å². The zero-order valence-electron chi connectivity index (χ0n) is 18.5. The number of hydrogen-bond donors (Lipinski definition) is 1. The van der Waals surface area contributed by atoms with Crippen LogP contribution < -0.4 is 0 Å². The first kappa shape index (κ1) is 23.6. The molecule has 176 valence electrons. The molecule has 0 saturated carbocycles. The van der Waals surface area contributed by atoms with E-state index >= 15 is 0 Å². The quantitative estimate of drug-likeness (QED) is 0.514. The molecule has 1 aliphatic heterocycles. The molecular weight excluding hydrogens is 463 g/mol. The molecule has 7 nitrogen and oxygen atoms in total. The summed E-state index contributed by atoms with van der Waals surface area (Å²) < 4.78 is 40.7. The third-order valence-corrected chi connectivity index (χ3v) is 8.79. The lowest BCUT2D eigenvalue weighted by Crippen LogP contribution is -2.36. The van der Waals surface area contributed by atoms with Crippen molar-refractivity contribution < 1.29 is 17.6 Å². The van der Waals surface area contributed by atoms with Gasteiger partial charge in [-0.25, -0.2) is 12.8 Å². The SMILES string of the molecule is CN(CCCc1cc(-c2ccc(F)cc2)n[nH]1)C(=O)c1sccc1S(=O)(=O)N1CCCCC1. The lowest BCUT2D eigenvalue weighted by Gasteiger charge is -2.26. The third kappa shape index (κ3) is 5.34. The van der Waals surface area contributed by atoms with E-state index in [1.54, 1.807) is 29.5 Å². The number of piperidine rings is 1. The van der Waals surface area contributed by atoms with Crippen LogP contribution in [0.1, 0.15) is 41.0 Å². The maximum Gasteiger partial charge on any atom is 0.265 e. The summed E-state index contributed by atoms with van der Waals surface area (Å²) in [5.41, 5.74) is 2.48. The molecule has 1 saturated heterocycles. The third-order valence-electron chi connectivity index (χ3n) is 5.81. The molecule has 1 amide bonds. The highest BCUT2D eigenvalue weighted by atomic mass is 32.2. The van der Waals surface area contributed by atoms with Crippen molar-refractivity contribution in [3.8, 4) is 11.3 Å². The van der Waals surface area contributed by atoms with Gasteiger partial charge in [-0.15, -0.1) is 11.3 Å². The molecule has 1 aliphatic rings. The molecule has 1 aromatic carbocycles. The molecule has 4 rings (SSSR count). The van der Waals surface area contributed by atoms with E-state index in [0.29, 0.717) is 32.5 Å². The molecule has 33 heavy (non-hydrogen) atoms. The van der Waals surface area contributed by atoms with E-state index in [2.05, 4.69) is 10.2 Å². The van der Waals surface area contributed by atoms with E-state index in [9.17, 15) is 17.6 Å². The predicted octanol–water partition coefficient (Wildman–Crippen LogP) is 4.16. The Bertz CT molecular complexity index is 1200. The zero-order valence-corrected chi connectivity index (χ0v) is 20.1. The van der Waals surface area contributed by atoms with Crippen molar-refractivity contribution in [3.63, 3.8) is 0 Å². The topological polar surface area (TPSA) is 86.4 Å². The van der Waals surface area contributed by atoms with Crippen molar-refractivity contribution in [1.82, 2.24) is 19.4 Å². The minimum Gasteiger partial charge on any atom is -0.341 e. The van der Waals surface area contributed by atoms with Gasteiger partial charge in [0, 0.05) is 37.9 Å². The van der Waals surface area contributed by atoms with Crippen LogP contribution in [0.4, 0.5) is 4.39 Å². The van der Waals surface area contributed by atoms with Gasteiger partial charge in [0.2, 0.25) is 10.0 Å². The van der Waals surface area contributed by atoms with Crippen LogP contribution >= 0.6 is 11.3 Å². The van der Waals surface area contributed by atoms with E-state index in [1.165, 1.54) is 33.8 Å². The minimum absolute atomic E-state index is 0.115. The van der Waals surface area contributed by atoms with Gasteiger partial charge in [0.05, 0.1) is 5.69 Å². The zero-order chi connectivity index (χ0) is 23.4. The molecule has 10 heteroatoms. The van der Waals surface area contributed by atoms with Gasteiger partial charge in [-0.1, -0.05) is 6.42 Å². The normalized spacial score (nSPS) is 15.0. The van der Waals surface area contributed by atoms with Crippen molar-refractivity contribution in [2.24, 2.45) is 0 Å². The van der Waals surface area contributed by atoms with Crippen molar-refractivity contribution >= 4 is 27.3 Å². The maximum absolute atomic E-state index is 13.1. The Balaban J connectivity index is 1.35. The average molecular weight is 491 g/mol. The Morgan fingerprint density at radius 1 is 1.18 bits per heavy atom. The van der Waals surface area contributed by atoms with Crippen LogP contribution in [0.2, 0.25) is 0 Å². The van der Waals surface area contributed by atoms with Crippen LogP contribution in [0.25, 0.3) is 11.3 Å². The Hall–Kier alpha value is -2.56. The fourth-order valence-electron chi connectivity index (χ4n) is 3.94. The predicted molar refractivity (Wildman–Crippen MR) is 126 cm³/mol. The van der Waals surface area contributed by atoms with Crippen LogP contribution in [-0.4, -0.2) is 60.4 Å². The first-order valence-electron chi connectivity index (χ1n) is 11.0. The van der Waals surface area contributed by atoms with Crippen LogP contribution in [-0.2, 0) is 16.4 Å². The number of sulfonamides is 1. The lowest BCUT2D eigenvalue weighted by atomic mass is 10.1. The van der Waals surface area contributed by atoms with Gasteiger partial charge in [0.15, 0.2) is 0 Å². The molecule has 3 aromatic rings. The number of halogens is 1. The number of hydrogen-bond acceptors (Lipinski definition) is 5. The van der Waals surface area contributed by atoms with Crippen molar-refractivity contribution in [2.45, 2.75) is 37.0 Å². The van der Waals surface area contributed by atoms with Crippen molar-refractivity contribution in [2.75, 3.05) is 26.7 Å². The molecule has 0 spiro atoms. The van der Waals surface area contributed by atoms with Crippen molar-refractivity contribution in [3.05, 3.63) is 58.2 Å². The fraction of sp³-hybridized carbons (Fsp3) is 0.391. The monoisotopic (exact) mass is 490 g/mol. The second kappa shape index (κ2) is 10.1. The summed E-state index contributed by atoms with van der Waals surface area (Å²) in [4.78, 5) is 15.0. The van der Waals surface area contributed by atoms with Crippen LogP contribution in [0, 0.1) is 5.82 Å². The number of benzene rings is 1. The van der Waals surface area contributed by atoms with Crippen LogP contribution in [0.15, 0.2) is 46.7 Å². The number of nitrogens with one attached hydrogen (secondary N) is 1. The van der Waals surface area contributed by atoms with Gasteiger partial charge < -0.3 is 4.90 Å². The first-order chi connectivity index (χ1) is 15.9. The Morgan fingerprint density at radius 3 is 2.64 bits per heavy atom. The van der Waals surface area contributed by atoms with Gasteiger partial charge in [0.25, 0.3) is 5.91 Å². The van der Waals surface area contributed by atoms with Gasteiger partial charge in [0.1, 0.15) is 15.6 Å². The minimum atomic E-state index is -3.66. The number of amides is 1. The molecule has 2 aromatic heterocycles. The second-order valence-electron chi connectivity index (χ2n) is 8.19. The molecule has 0 bridgehead atoms. The number of H-pyrrole nitrogens is 1. The largest absolute Gasteiger partial charge is 0.341 e. The highest BCUT2D eigenvalue weighted by molar-refractivity contribution is 7.89. The van der Waals surface area contributed by atoms with Crippen LogP contribution in [0.3, 0.4) is 0 Å². The van der Waals surface area contributed by atoms with Gasteiger partial charge >= 0.3 is 0 Å². The number of aromatic nitrogens is 2. The average Bonchev–Trinajstić information content (AvgIpc) is 3.50. The summed E-state index contributed by atoms with van der Waals surface area (Å²) >= 11 is 1.17. The molecule has 3 heterocycles. The molecule has 0 unspecified atom stereocenters. The molecule has 0 radical (unpaired) electrons. The first-order valence-corrected chi connectivity index (χ1v) is 13.3. The summed E-state index contributed by atoms with van der Waals surface area (Å²) in [7, 11) is -1.97. The Labute approximate surface area is 197 Å². The summed E-state index contributed by atoms with van der Waals surface area (Å²) in [5, 5.41) is 8.93. The summed E-state index contributed by atoms with van der Waals surface area (Å²) in [6.07, 6.45) is 4.10. The van der Waals surface area contributed by atoms with E-state index < -0.39 is 10.0 Å². The number of carbonyl (C=O) groups is 1. The lowest BCUT2D eigenvalue weighted by molar-refractivity contribution is 0.0794. The number of nitrogens with zero attached hydrogens (tertiary/aromatic N) is 3. The van der Waals surface area contributed by atoms with E-state index in [4.69, 9.17) is 0 Å². The number of aromatic amines is 1. The number of carbonyl (C=O) groups excluding carboxylic acids is 1. The smallest absolute Gasteiger partial charge is 0.265 e.